The van der Waals surface area contributed by atoms with Gasteiger partial charge in [-0.25, -0.2) is 0 Å². The molecule has 3 nitrogen and oxygen atoms in total. The summed E-state index contributed by atoms with van der Waals surface area (Å²) in [6.45, 7) is 13.8. The zero-order valence-corrected chi connectivity index (χ0v) is 14.0. The van der Waals surface area contributed by atoms with Gasteiger partial charge in [0.1, 0.15) is 0 Å². The summed E-state index contributed by atoms with van der Waals surface area (Å²) in [5.41, 5.74) is 2.91. The van der Waals surface area contributed by atoms with Crippen LogP contribution in [0, 0.1) is 11.8 Å². The van der Waals surface area contributed by atoms with E-state index >= 15 is 0 Å². The van der Waals surface area contributed by atoms with E-state index in [0.717, 1.165) is 24.9 Å². The van der Waals surface area contributed by atoms with E-state index in [1.54, 1.807) is 0 Å². The average molecular weight is 277 g/mol. The average Bonchev–Trinajstić information content (AvgIpc) is 2.71. The number of aryl methyl sites for hydroxylation is 1. The Morgan fingerprint density at radius 3 is 2.70 bits per heavy atom. The summed E-state index contributed by atoms with van der Waals surface area (Å²) < 4.78 is 2.00. The van der Waals surface area contributed by atoms with Crippen LogP contribution in [0.25, 0.3) is 0 Å². The van der Waals surface area contributed by atoms with Crippen LogP contribution < -0.4 is 5.32 Å². The summed E-state index contributed by atoms with van der Waals surface area (Å²) in [4.78, 5) is 0. The molecule has 114 valence electrons. The molecule has 2 heterocycles. The first kappa shape index (κ1) is 15.6. The molecule has 1 N–H and O–H groups in total. The van der Waals surface area contributed by atoms with Crippen molar-refractivity contribution < 1.29 is 0 Å². The van der Waals surface area contributed by atoms with Gasteiger partial charge in [0.05, 0.1) is 5.69 Å². The molecule has 0 saturated carbocycles. The van der Waals surface area contributed by atoms with Gasteiger partial charge in [0.2, 0.25) is 0 Å². The highest BCUT2D eigenvalue weighted by molar-refractivity contribution is 5.29. The van der Waals surface area contributed by atoms with Crippen LogP contribution in [0.1, 0.15) is 64.6 Å². The molecule has 0 bridgehead atoms. The molecule has 1 aliphatic rings. The third kappa shape index (κ3) is 3.43. The van der Waals surface area contributed by atoms with E-state index in [-0.39, 0.29) is 5.41 Å². The van der Waals surface area contributed by atoms with Crippen molar-refractivity contribution in [1.29, 1.82) is 0 Å². The fraction of sp³-hybridized carbons (Fsp3) is 0.824. The van der Waals surface area contributed by atoms with Gasteiger partial charge in [-0.2, -0.15) is 5.10 Å². The van der Waals surface area contributed by atoms with E-state index in [0.29, 0.717) is 5.92 Å². The second kappa shape index (κ2) is 5.88. The van der Waals surface area contributed by atoms with Gasteiger partial charge in [-0.3, -0.25) is 4.68 Å². The second-order valence-electron chi connectivity index (χ2n) is 7.85. The molecular formula is C17H31N3. The van der Waals surface area contributed by atoms with Gasteiger partial charge in [0.25, 0.3) is 0 Å². The Bertz CT molecular complexity index is 440. The summed E-state index contributed by atoms with van der Waals surface area (Å²) in [5, 5.41) is 8.34. The largest absolute Gasteiger partial charge is 0.316 e. The lowest BCUT2D eigenvalue weighted by Crippen LogP contribution is -2.36. The number of nitrogens with one attached hydrogen (secondary N) is 1. The molecule has 2 atom stereocenters. The lowest BCUT2D eigenvalue weighted by Gasteiger charge is -2.34. The number of hydrogen-bond acceptors (Lipinski definition) is 2. The molecule has 1 fully saturated rings. The summed E-state index contributed by atoms with van der Waals surface area (Å²) in [7, 11) is 2.05. The summed E-state index contributed by atoms with van der Waals surface area (Å²) in [6, 6.07) is 0. The third-order valence-corrected chi connectivity index (χ3v) is 4.35. The number of nitrogens with zero attached hydrogens (tertiary/aromatic N) is 2. The first-order chi connectivity index (χ1) is 9.29. The zero-order chi connectivity index (χ0) is 14.9. The predicted octanol–water partition coefficient (Wildman–Crippen LogP) is 3.46. The Balaban J connectivity index is 2.32. The van der Waals surface area contributed by atoms with Crippen LogP contribution in [0.3, 0.4) is 0 Å². The highest BCUT2D eigenvalue weighted by atomic mass is 15.3. The van der Waals surface area contributed by atoms with E-state index in [1.807, 2.05) is 4.68 Å². The summed E-state index contributed by atoms with van der Waals surface area (Å²) >= 11 is 0. The molecule has 2 rings (SSSR count). The quantitative estimate of drug-likeness (QED) is 0.917. The molecule has 0 aliphatic carbocycles. The number of hydrogen-bond donors (Lipinski definition) is 1. The standard InChI is InChI=1S/C17H31N3/c1-12(2)9-13-10-18-8-7-14(13)15-11-20(6)19-16(15)17(3,4)5/h11-14,18H,7-10H2,1-6H3. The smallest absolute Gasteiger partial charge is 0.0712 e. The van der Waals surface area contributed by atoms with Crippen LogP contribution in [0.2, 0.25) is 0 Å². The number of piperidine rings is 1. The molecule has 1 aromatic heterocycles. The Morgan fingerprint density at radius 1 is 1.40 bits per heavy atom. The van der Waals surface area contributed by atoms with Crippen LogP contribution in [-0.2, 0) is 12.5 Å². The second-order valence-corrected chi connectivity index (χ2v) is 7.85. The van der Waals surface area contributed by atoms with Crippen molar-refractivity contribution in [3.8, 4) is 0 Å². The summed E-state index contributed by atoms with van der Waals surface area (Å²) in [6.07, 6.45) is 4.81. The molecule has 0 radical (unpaired) electrons. The van der Waals surface area contributed by atoms with Gasteiger partial charge >= 0.3 is 0 Å². The fourth-order valence-corrected chi connectivity index (χ4v) is 3.55. The van der Waals surface area contributed by atoms with E-state index in [4.69, 9.17) is 5.10 Å². The summed E-state index contributed by atoms with van der Waals surface area (Å²) in [5.74, 6) is 2.17. The number of aromatic nitrogens is 2. The third-order valence-electron chi connectivity index (χ3n) is 4.35. The van der Waals surface area contributed by atoms with Gasteiger partial charge in [0, 0.05) is 18.7 Å². The molecule has 0 amide bonds. The van der Waals surface area contributed by atoms with Gasteiger partial charge < -0.3 is 5.32 Å². The van der Waals surface area contributed by atoms with E-state index in [9.17, 15) is 0 Å². The minimum absolute atomic E-state index is 0.129. The van der Waals surface area contributed by atoms with Crippen molar-refractivity contribution in [2.75, 3.05) is 13.1 Å². The highest BCUT2D eigenvalue weighted by Crippen LogP contribution is 2.38. The highest BCUT2D eigenvalue weighted by Gasteiger charge is 2.33. The zero-order valence-electron chi connectivity index (χ0n) is 14.0. The maximum atomic E-state index is 4.77. The molecule has 0 spiro atoms. The van der Waals surface area contributed by atoms with Crippen LogP contribution in [-0.4, -0.2) is 22.9 Å². The van der Waals surface area contributed by atoms with E-state index in [2.05, 4.69) is 53.2 Å². The van der Waals surface area contributed by atoms with E-state index < -0.39 is 0 Å². The Hall–Kier alpha value is -0.830. The van der Waals surface area contributed by atoms with Crippen molar-refractivity contribution in [1.82, 2.24) is 15.1 Å². The predicted molar refractivity (Wildman–Crippen MR) is 85.1 cm³/mol. The molecule has 1 aromatic rings. The first-order valence-corrected chi connectivity index (χ1v) is 8.03. The monoisotopic (exact) mass is 277 g/mol. The van der Waals surface area contributed by atoms with Crippen molar-refractivity contribution in [2.24, 2.45) is 18.9 Å². The van der Waals surface area contributed by atoms with Crippen LogP contribution in [0.5, 0.6) is 0 Å². The van der Waals surface area contributed by atoms with Crippen LogP contribution in [0.15, 0.2) is 6.20 Å². The molecule has 3 heteroatoms. The normalized spacial score (nSPS) is 24.4. The number of rotatable bonds is 3. The maximum Gasteiger partial charge on any atom is 0.0712 e. The van der Waals surface area contributed by atoms with Crippen molar-refractivity contribution in [3.05, 3.63) is 17.5 Å². The van der Waals surface area contributed by atoms with E-state index in [1.165, 1.54) is 24.1 Å². The van der Waals surface area contributed by atoms with Crippen molar-refractivity contribution >= 4 is 0 Å². The van der Waals surface area contributed by atoms with Gasteiger partial charge in [0.15, 0.2) is 0 Å². The van der Waals surface area contributed by atoms with Gasteiger partial charge in [-0.1, -0.05) is 34.6 Å². The van der Waals surface area contributed by atoms with Crippen molar-refractivity contribution in [3.63, 3.8) is 0 Å². The minimum atomic E-state index is 0.129. The van der Waals surface area contributed by atoms with Gasteiger partial charge in [-0.15, -0.1) is 0 Å². The molecule has 0 aromatic carbocycles. The fourth-order valence-electron chi connectivity index (χ4n) is 3.55. The van der Waals surface area contributed by atoms with Crippen LogP contribution >= 0.6 is 0 Å². The molecular weight excluding hydrogens is 246 g/mol. The molecule has 20 heavy (non-hydrogen) atoms. The molecule has 1 saturated heterocycles. The van der Waals surface area contributed by atoms with Crippen LogP contribution in [0.4, 0.5) is 0 Å². The topological polar surface area (TPSA) is 29.9 Å². The lowest BCUT2D eigenvalue weighted by molar-refractivity contribution is 0.277. The Morgan fingerprint density at radius 2 is 2.10 bits per heavy atom. The molecule has 2 unspecified atom stereocenters. The first-order valence-electron chi connectivity index (χ1n) is 8.03. The Kier molecular flexibility index (Phi) is 4.58. The SMILES string of the molecule is CC(C)CC1CNCCC1c1cn(C)nc1C(C)(C)C. The minimum Gasteiger partial charge on any atom is -0.316 e. The van der Waals surface area contributed by atoms with Crippen molar-refractivity contribution in [2.45, 2.75) is 58.8 Å². The lowest BCUT2D eigenvalue weighted by atomic mass is 9.74. The Labute approximate surface area is 124 Å². The van der Waals surface area contributed by atoms with Gasteiger partial charge in [-0.05, 0) is 49.2 Å². The molecule has 1 aliphatic heterocycles. The maximum absolute atomic E-state index is 4.77.